The number of carbonyl (C=O) groups excluding carboxylic acids is 2. The Bertz CT molecular complexity index is 1260. The summed E-state index contributed by atoms with van der Waals surface area (Å²) >= 11 is 0. The van der Waals surface area contributed by atoms with E-state index in [1.165, 1.54) is 52.7 Å². The van der Waals surface area contributed by atoms with Gasteiger partial charge in [0.15, 0.2) is 11.5 Å². The van der Waals surface area contributed by atoms with Crippen LogP contribution in [-0.4, -0.2) is 55.3 Å². The highest BCUT2D eigenvalue weighted by Crippen LogP contribution is 2.42. The summed E-state index contributed by atoms with van der Waals surface area (Å²) in [5, 5.41) is 31.0. The van der Waals surface area contributed by atoms with Gasteiger partial charge in [-0.25, -0.2) is 0 Å². The number of benzene rings is 3. The standard InChI is InChI=1S/C26H26O9/c1-32-16-8-7-14(20(12-16)34-3)5-6-15-11-19(25(30)26(31)22(15)27)24(29)23(28)18-10-9-17(33-2)13-21(18)35-4/h7-13,27,30-31H,5-6H2,1-4H3. The Kier molecular flexibility index (Phi) is 7.70. The third kappa shape index (κ3) is 5.08. The average Bonchev–Trinajstić information content (AvgIpc) is 2.89. The van der Waals surface area contributed by atoms with Gasteiger partial charge in [0, 0.05) is 12.1 Å². The highest BCUT2D eigenvalue weighted by Gasteiger charge is 2.28. The van der Waals surface area contributed by atoms with E-state index in [1.807, 2.05) is 0 Å². The van der Waals surface area contributed by atoms with Crippen LogP contribution in [0.25, 0.3) is 0 Å². The first kappa shape index (κ1) is 25.2. The lowest BCUT2D eigenvalue weighted by molar-refractivity contribution is 0.0813. The van der Waals surface area contributed by atoms with E-state index < -0.39 is 34.4 Å². The predicted octanol–water partition coefficient (Wildman–Crippen LogP) is 3.69. The number of phenols is 3. The van der Waals surface area contributed by atoms with Crippen LogP contribution in [0.15, 0.2) is 42.5 Å². The van der Waals surface area contributed by atoms with Gasteiger partial charge in [0.25, 0.3) is 0 Å². The second kappa shape index (κ2) is 10.7. The second-order valence-electron chi connectivity index (χ2n) is 7.53. The van der Waals surface area contributed by atoms with Crippen LogP contribution >= 0.6 is 0 Å². The summed E-state index contributed by atoms with van der Waals surface area (Å²) in [6.07, 6.45) is 0.529. The molecule has 35 heavy (non-hydrogen) atoms. The van der Waals surface area contributed by atoms with Crippen LogP contribution in [0.2, 0.25) is 0 Å². The summed E-state index contributed by atoms with van der Waals surface area (Å²) < 4.78 is 20.9. The summed E-state index contributed by atoms with van der Waals surface area (Å²) in [6, 6.07) is 10.7. The first-order valence-corrected chi connectivity index (χ1v) is 10.5. The van der Waals surface area contributed by atoms with Gasteiger partial charge in [0.05, 0.1) is 39.6 Å². The number of Topliss-reactive ketones (excluding diaryl/α,β-unsaturated/α-hetero) is 2. The fourth-order valence-corrected chi connectivity index (χ4v) is 3.62. The van der Waals surface area contributed by atoms with Crippen molar-refractivity contribution < 1.29 is 43.9 Å². The van der Waals surface area contributed by atoms with Crippen LogP contribution in [0.3, 0.4) is 0 Å². The molecule has 3 N–H and O–H groups in total. The quantitative estimate of drug-likeness (QED) is 0.225. The van der Waals surface area contributed by atoms with Crippen LogP contribution in [0.5, 0.6) is 40.2 Å². The summed E-state index contributed by atoms with van der Waals surface area (Å²) in [5.74, 6) is -2.70. The van der Waals surface area contributed by atoms with Crippen LogP contribution < -0.4 is 18.9 Å². The third-order valence-electron chi connectivity index (χ3n) is 5.59. The molecule has 0 aliphatic rings. The summed E-state index contributed by atoms with van der Waals surface area (Å²) in [4.78, 5) is 26.0. The van der Waals surface area contributed by atoms with Crippen molar-refractivity contribution in [2.24, 2.45) is 0 Å². The molecule has 0 bridgehead atoms. The molecular formula is C26H26O9. The Labute approximate surface area is 202 Å². The molecule has 0 aliphatic carbocycles. The van der Waals surface area contributed by atoms with Gasteiger partial charge in [-0.1, -0.05) is 6.07 Å². The minimum Gasteiger partial charge on any atom is -0.504 e. The van der Waals surface area contributed by atoms with Gasteiger partial charge in [-0.3, -0.25) is 9.59 Å². The maximum atomic E-state index is 13.0. The Morgan fingerprint density at radius 2 is 1.14 bits per heavy atom. The number of carbonyl (C=O) groups is 2. The molecule has 184 valence electrons. The summed E-state index contributed by atoms with van der Waals surface area (Å²) in [5.41, 5.74) is 0.456. The molecular weight excluding hydrogens is 456 g/mol. The van der Waals surface area contributed by atoms with Crippen molar-refractivity contribution >= 4 is 11.6 Å². The smallest absolute Gasteiger partial charge is 0.237 e. The van der Waals surface area contributed by atoms with Gasteiger partial charge < -0.3 is 34.3 Å². The zero-order valence-electron chi connectivity index (χ0n) is 19.7. The Balaban J connectivity index is 1.94. The maximum absolute atomic E-state index is 13.0. The lowest BCUT2D eigenvalue weighted by atomic mass is 9.95. The normalized spacial score (nSPS) is 10.5. The number of hydrogen-bond acceptors (Lipinski definition) is 9. The molecule has 9 heteroatoms. The lowest BCUT2D eigenvalue weighted by Gasteiger charge is -2.14. The Hall–Kier alpha value is -4.40. The minimum absolute atomic E-state index is 0.0465. The molecule has 0 saturated carbocycles. The van der Waals surface area contributed by atoms with E-state index in [1.54, 1.807) is 18.2 Å². The molecule has 0 atom stereocenters. The van der Waals surface area contributed by atoms with Crippen LogP contribution in [0, 0.1) is 0 Å². The molecule has 0 spiro atoms. The second-order valence-corrected chi connectivity index (χ2v) is 7.53. The molecule has 9 nitrogen and oxygen atoms in total. The van der Waals surface area contributed by atoms with Crippen molar-refractivity contribution in [3.05, 3.63) is 64.7 Å². The molecule has 0 aliphatic heterocycles. The van der Waals surface area contributed by atoms with Crippen molar-refractivity contribution in [3.63, 3.8) is 0 Å². The minimum atomic E-state index is -1.08. The molecule has 0 radical (unpaired) electrons. The molecule has 0 saturated heterocycles. The van der Waals surface area contributed by atoms with Crippen molar-refractivity contribution in [1.82, 2.24) is 0 Å². The number of ketones is 2. The fourth-order valence-electron chi connectivity index (χ4n) is 3.62. The number of aromatic hydroxyl groups is 3. The molecule has 3 aromatic carbocycles. The van der Waals surface area contributed by atoms with E-state index in [0.717, 1.165) is 5.56 Å². The number of aryl methyl sites for hydroxylation is 2. The SMILES string of the molecule is COc1ccc(CCc2cc(C(=O)C(=O)c3ccc(OC)cc3OC)c(O)c(O)c2O)c(OC)c1. The average molecular weight is 482 g/mol. The van der Waals surface area contributed by atoms with Crippen molar-refractivity contribution in [1.29, 1.82) is 0 Å². The molecule has 3 rings (SSSR count). The molecule has 0 heterocycles. The first-order valence-electron chi connectivity index (χ1n) is 10.5. The van der Waals surface area contributed by atoms with Crippen LogP contribution in [0.1, 0.15) is 31.8 Å². The monoisotopic (exact) mass is 482 g/mol. The van der Waals surface area contributed by atoms with E-state index in [0.29, 0.717) is 23.7 Å². The number of ether oxygens (including phenoxy) is 4. The van der Waals surface area contributed by atoms with Crippen molar-refractivity contribution in [2.45, 2.75) is 12.8 Å². The number of methoxy groups -OCH3 is 4. The molecule has 0 fully saturated rings. The number of phenolic OH excluding ortho intramolecular Hbond substituents is 3. The van der Waals surface area contributed by atoms with E-state index in [-0.39, 0.29) is 23.3 Å². The van der Waals surface area contributed by atoms with Gasteiger partial charge >= 0.3 is 0 Å². The van der Waals surface area contributed by atoms with Gasteiger partial charge in [0.2, 0.25) is 17.3 Å². The fraction of sp³-hybridized carbons (Fsp3) is 0.231. The van der Waals surface area contributed by atoms with Crippen molar-refractivity contribution in [3.8, 4) is 40.2 Å². The highest BCUT2D eigenvalue weighted by atomic mass is 16.5. The summed E-state index contributed by atoms with van der Waals surface area (Å²) in [6.45, 7) is 0. The Morgan fingerprint density at radius 3 is 1.74 bits per heavy atom. The maximum Gasteiger partial charge on any atom is 0.237 e. The highest BCUT2D eigenvalue weighted by molar-refractivity contribution is 6.50. The van der Waals surface area contributed by atoms with Gasteiger partial charge in [-0.15, -0.1) is 0 Å². The molecule has 0 aromatic heterocycles. The molecule has 0 amide bonds. The van der Waals surface area contributed by atoms with Crippen LogP contribution in [0.4, 0.5) is 0 Å². The third-order valence-corrected chi connectivity index (χ3v) is 5.59. The van der Waals surface area contributed by atoms with E-state index >= 15 is 0 Å². The predicted molar refractivity (Wildman–Crippen MR) is 127 cm³/mol. The molecule has 3 aromatic rings. The lowest BCUT2D eigenvalue weighted by Crippen LogP contribution is -2.16. The topological polar surface area (TPSA) is 132 Å². The van der Waals surface area contributed by atoms with Gasteiger partial charge in [-0.05, 0) is 48.2 Å². The largest absolute Gasteiger partial charge is 0.504 e. The van der Waals surface area contributed by atoms with E-state index in [4.69, 9.17) is 18.9 Å². The summed E-state index contributed by atoms with van der Waals surface area (Å²) in [7, 11) is 5.83. The zero-order chi connectivity index (χ0) is 25.7. The zero-order valence-corrected chi connectivity index (χ0v) is 19.7. The van der Waals surface area contributed by atoms with Crippen LogP contribution in [-0.2, 0) is 12.8 Å². The van der Waals surface area contributed by atoms with E-state index in [9.17, 15) is 24.9 Å². The Morgan fingerprint density at radius 1 is 0.600 bits per heavy atom. The van der Waals surface area contributed by atoms with Gasteiger partial charge in [0.1, 0.15) is 23.0 Å². The van der Waals surface area contributed by atoms with Gasteiger partial charge in [-0.2, -0.15) is 0 Å². The van der Waals surface area contributed by atoms with Crippen molar-refractivity contribution in [2.75, 3.05) is 28.4 Å². The number of hydrogen-bond donors (Lipinski definition) is 3. The molecule has 0 unspecified atom stereocenters. The number of rotatable bonds is 10. The first-order chi connectivity index (χ1) is 16.7. The van der Waals surface area contributed by atoms with E-state index in [2.05, 4.69) is 0 Å².